The number of nitrogens with one attached hydrogen (secondary N) is 2. The molecule has 2 aliphatic rings. The lowest BCUT2D eigenvalue weighted by Crippen LogP contribution is -2.37. The number of nitrogens with zero attached hydrogens (tertiary/aromatic N) is 2. The van der Waals surface area contributed by atoms with Crippen LogP contribution in [0.5, 0.6) is 11.5 Å². The molecule has 4 aromatic rings. The van der Waals surface area contributed by atoms with Gasteiger partial charge in [0.05, 0.1) is 11.1 Å². The molecule has 0 bridgehead atoms. The summed E-state index contributed by atoms with van der Waals surface area (Å²) < 4.78 is 29.7. The Morgan fingerprint density at radius 3 is 2.60 bits per heavy atom. The minimum absolute atomic E-state index is 0.0117. The van der Waals surface area contributed by atoms with Crippen LogP contribution in [0.2, 0.25) is 0 Å². The van der Waals surface area contributed by atoms with Crippen LogP contribution >= 0.6 is 0 Å². The highest BCUT2D eigenvalue weighted by Gasteiger charge is 2.31. The number of hydrogen-bond acceptors (Lipinski definition) is 6. The van der Waals surface area contributed by atoms with Crippen molar-refractivity contribution in [3.8, 4) is 17.2 Å². The molecular formula is C36H41FN6O5. The van der Waals surface area contributed by atoms with Crippen LogP contribution in [0, 0.1) is 11.7 Å². The minimum atomic E-state index is -0.589. The minimum Gasteiger partial charge on any atom is -0.452 e. The van der Waals surface area contributed by atoms with Gasteiger partial charge in [-0.1, -0.05) is 24.3 Å². The van der Waals surface area contributed by atoms with Gasteiger partial charge in [-0.3, -0.25) is 14.6 Å². The number of benzene rings is 3. The Balaban J connectivity index is 1.32. The molecule has 11 nitrogen and oxygen atoms in total. The number of nitrogens with two attached hydrogens (primary N) is 2. The molecule has 2 atom stereocenters. The average Bonchev–Trinajstić information content (AvgIpc) is 3.46. The topological polar surface area (TPSA) is 163 Å². The van der Waals surface area contributed by atoms with E-state index in [-0.39, 0.29) is 41.2 Å². The van der Waals surface area contributed by atoms with E-state index in [0.717, 1.165) is 30.0 Å². The highest BCUT2D eigenvalue weighted by Crippen LogP contribution is 2.45. The first-order chi connectivity index (χ1) is 22.9. The van der Waals surface area contributed by atoms with Gasteiger partial charge in [0.15, 0.2) is 17.5 Å². The number of fused-ring (bicyclic) bond motifs is 3. The number of rotatable bonds is 9. The monoisotopic (exact) mass is 656 g/mol. The van der Waals surface area contributed by atoms with Gasteiger partial charge in [0.1, 0.15) is 22.5 Å². The Kier molecular flexibility index (Phi) is 9.00. The number of pyridine rings is 1. The van der Waals surface area contributed by atoms with Crippen LogP contribution in [0.25, 0.3) is 27.4 Å². The second kappa shape index (κ2) is 13.2. The van der Waals surface area contributed by atoms with Crippen molar-refractivity contribution in [2.45, 2.75) is 70.9 Å². The molecule has 6 N–H and O–H groups in total. The number of carbonyl (C=O) groups is 2. The zero-order valence-corrected chi connectivity index (χ0v) is 27.4. The maximum absolute atomic E-state index is 16.1. The standard InChI is InChI=1S/C36H41FN6O5/c1-36(2,3)48-35(46)42-23-11-9-20(15-23)10-12-24-27(37)18-25-30-32(24)47-29-17-22-8-5-4-7-21(22)16-28(29)43(30)19-26(31(25)44)33(45)40-13-6-14-41-34(38)39/h4-5,7-8,16-20,23H,6,9-15H2,1-3H3,(H,40,45)(H,42,46)(H4,38,39,41)/t20?,23-/m1/s1. The van der Waals surface area contributed by atoms with Gasteiger partial charge in [-0.2, -0.15) is 0 Å². The van der Waals surface area contributed by atoms with Crippen molar-refractivity contribution >= 4 is 39.6 Å². The summed E-state index contributed by atoms with van der Waals surface area (Å²) in [6, 6.07) is 12.8. The van der Waals surface area contributed by atoms with Gasteiger partial charge in [-0.15, -0.1) is 0 Å². The number of ether oxygens (including phenoxy) is 2. The zero-order valence-electron chi connectivity index (χ0n) is 27.4. The molecular weight excluding hydrogens is 615 g/mol. The van der Waals surface area contributed by atoms with E-state index in [2.05, 4.69) is 15.6 Å². The summed E-state index contributed by atoms with van der Waals surface area (Å²) in [5.74, 6) is -0.166. The molecule has 1 aliphatic heterocycles. The van der Waals surface area contributed by atoms with Crippen LogP contribution in [-0.2, 0) is 11.2 Å². The van der Waals surface area contributed by atoms with Gasteiger partial charge in [-0.25, -0.2) is 9.18 Å². The molecule has 0 radical (unpaired) electrons. The summed E-state index contributed by atoms with van der Waals surface area (Å²) >= 11 is 0. The van der Waals surface area contributed by atoms with Crippen molar-refractivity contribution in [2.75, 3.05) is 13.1 Å². The Bertz CT molecular complexity index is 2000. The SMILES string of the molecule is CC(C)(C)OC(=O)N[C@@H]1CCC(CCc2c(F)cc3c(=O)c(C(=O)NCCCN=C(N)N)cn4c3c2Oc2cc3ccccc3cc2-4)C1. The smallest absolute Gasteiger partial charge is 0.407 e. The van der Waals surface area contributed by atoms with Gasteiger partial charge in [0.25, 0.3) is 5.91 Å². The molecule has 48 heavy (non-hydrogen) atoms. The van der Waals surface area contributed by atoms with Crippen molar-refractivity contribution in [3.63, 3.8) is 0 Å². The largest absolute Gasteiger partial charge is 0.452 e. The number of carbonyl (C=O) groups excluding carboxylic acids is 2. The van der Waals surface area contributed by atoms with Gasteiger partial charge in [-0.05, 0) is 94.2 Å². The highest BCUT2D eigenvalue weighted by atomic mass is 19.1. The van der Waals surface area contributed by atoms with Crippen LogP contribution in [0.4, 0.5) is 9.18 Å². The quantitative estimate of drug-likeness (QED) is 0.0937. The predicted octanol–water partition coefficient (Wildman–Crippen LogP) is 5.41. The molecule has 1 aromatic heterocycles. The second-order valence-corrected chi connectivity index (χ2v) is 13.6. The Morgan fingerprint density at radius 2 is 1.88 bits per heavy atom. The molecule has 12 heteroatoms. The molecule has 1 aliphatic carbocycles. The lowest BCUT2D eigenvalue weighted by Gasteiger charge is -2.27. The Morgan fingerprint density at radius 1 is 1.12 bits per heavy atom. The molecule has 2 heterocycles. The van der Waals surface area contributed by atoms with Gasteiger partial charge in [0, 0.05) is 30.9 Å². The van der Waals surface area contributed by atoms with Crippen LogP contribution in [0.1, 0.15) is 68.8 Å². The fourth-order valence-electron chi connectivity index (χ4n) is 6.62. The molecule has 2 amide bonds. The lowest BCUT2D eigenvalue weighted by molar-refractivity contribution is 0.0504. The number of halogens is 1. The summed E-state index contributed by atoms with van der Waals surface area (Å²) in [7, 11) is 0. The van der Waals surface area contributed by atoms with Gasteiger partial charge < -0.3 is 36.1 Å². The maximum atomic E-state index is 16.1. The number of guanidine groups is 1. The normalized spacial score (nSPS) is 16.7. The summed E-state index contributed by atoms with van der Waals surface area (Å²) in [5.41, 5.74) is 10.9. The molecule has 0 saturated heterocycles. The van der Waals surface area contributed by atoms with Gasteiger partial charge in [0.2, 0.25) is 5.43 Å². The molecule has 1 fully saturated rings. The molecule has 0 spiro atoms. The van der Waals surface area contributed by atoms with E-state index in [0.29, 0.717) is 48.3 Å². The van der Waals surface area contributed by atoms with Crippen molar-refractivity contribution in [1.82, 2.24) is 15.2 Å². The van der Waals surface area contributed by atoms with E-state index < -0.39 is 28.8 Å². The summed E-state index contributed by atoms with van der Waals surface area (Å²) in [6.45, 7) is 6.04. The molecule has 1 saturated carbocycles. The number of aliphatic imine (C=N–C) groups is 1. The molecule has 252 valence electrons. The average molecular weight is 657 g/mol. The maximum Gasteiger partial charge on any atom is 0.407 e. The van der Waals surface area contributed by atoms with Crippen molar-refractivity contribution < 1.29 is 23.5 Å². The van der Waals surface area contributed by atoms with E-state index in [1.807, 2.05) is 57.2 Å². The van der Waals surface area contributed by atoms with E-state index >= 15 is 4.39 Å². The van der Waals surface area contributed by atoms with Crippen LogP contribution in [-0.4, -0.2) is 47.3 Å². The number of aromatic nitrogens is 1. The molecule has 1 unspecified atom stereocenters. The van der Waals surface area contributed by atoms with Crippen molar-refractivity contribution in [2.24, 2.45) is 22.4 Å². The first-order valence-corrected chi connectivity index (χ1v) is 16.3. The van der Waals surface area contributed by atoms with E-state index in [4.69, 9.17) is 20.9 Å². The highest BCUT2D eigenvalue weighted by molar-refractivity contribution is 6.00. The first kappa shape index (κ1) is 32.8. The summed E-state index contributed by atoms with van der Waals surface area (Å²) in [4.78, 5) is 43.3. The summed E-state index contributed by atoms with van der Waals surface area (Å²) in [6.07, 6.45) is 5.04. The zero-order chi connectivity index (χ0) is 34.2. The third kappa shape index (κ3) is 6.92. The number of alkyl carbamates (subject to hydrolysis) is 1. The van der Waals surface area contributed by atoms with Gasteiger partial charge >= 0.3 is 6.09 Å². The number of hydrogen-bond donors (Lipinski definition) is 4. The summed E-state index contributed by atoms with van der Waals surface area (Å²) in [5, 5.41) is 7.65. The lowest BCUT2D eigenvalue weighted by atomic mass is 9.95. The van der Waals surface area contributed by atoms with Crippen molar-refractivity contribution in [1.29, 1.82) is 0 Å². The van der Waals surface area contributed by atoms with Crippen LogP contribution in [0.3, 0.4) is 0 Å². The Labute approximate surface area is 277 Å². The fraction of sp³-hybridized carbons (Fsp3) is 0.389. The first-order valence-electron chi connectivity index (χ1n) is 16.3. The van der Waals surface area contributed by atoms with E-state index in [9.17, 15) is 14.4 Å². The van der Waals surface area contributed by atoms with E-state index in [1.165, 1.54) is 12.3 Å². The van der Waals surface area contributed by atoms with Crippen molar-refractivity contribution in [3.05, 3.63) is 75.8 Å². The number of amides is 2. The molecule has 6 rings (SSSR count). The third-order valence-corrected chi connectivity index (χ3v) is 8.81. The molecule has 3 aromatic carbocycles. The fourth-order valence-corrected chi connectivity index (χ4v) is 6.62. The third-order valence-electron chi connectivity index (χ3n) is 8.81. The predicted molar refractivity (Wildman–Crippen MR) is 184 cm³/mol. The van der Waals surface area contributed by atoms with Crippen LogP contribution < -0.4 is 32.3 Å². The van der Waals surface area contributed by atoms with E-state index in [1.54, 1.807) is 4.57 Å². The Hall–Kier alpha value is -5.13. The van der Waals surface area contributed by atoms with Crippen LogP contribution in [0.15, 0.2) is 58.4 Å². The second-order valence-electron chi connectivity index (χ2n) is 13.6.